The van der Waals surface area contributed by atoms with Gasteiger partial charge in [0.05, 0.1) is 40.0 Å². The molecule has 0 amide bonds. The van der Waals surface area contributed by atoms with Gasteiger partial charge in [-0.25, -0.2) is 0 Å². The molecule has 0 aromatic carbocycles. The van der Waals surface area contributed by atoms with E-state index in [0.29, 0.717) is 42.5 Å². The number of rotatable bonds is 37. The molecule has 3 unspecified atom stereocenters. The van der Waals surface area contributed by atoms with E-state index in [1.807, 2.05) is 27.2 Å². The fraction of sp³-hybridized carbons (Fsp3) is 0.750. The number of likely N-dealkylation sites (N-methyl/N-ethyl adjacent to an activating group) is 1. The molecule has 344 valence electrons. The van der Waals surface area contributed by atoms with Gasteiger partial charge in [-0.15, -0.1) is 0 Å². The van der Waals surface area contributed by atoms with Crippen molar-refractivity contribution in [2.24, 2.45) is 0 Å². The number of hydrogen-bond donors (Lipinski definition) is 0. The Morgan fingerprint density at radius 3 is 1.92 bits per heavy atom. The van der Waals surface area contributed by atoms with Gasteiger partial charge in [-0.2, -0.15) is 0 Å². The van der Waals surface area contributed by atoms with Crippen LogP contribution in [0.2, 0.25) is 0 Å². The molecule has 0 N–H and O–H groups in total. The number of epoxide rings is 1. The van der Waals surface area contributed by atoms with Crippen LogP contribution >= 0.6 is 7.82 Å². The van der Waals surface area contributed by atoms with Crippen LogP contribution in [0.3, 0.4) is 0 Å². The molecule has 2 rings (SSSR count). The number of esters is 2. The third kappa shape index (κ3) is 26.7. The Morgan fingerprint density at radius 1 is 0.700 bits per heavy atom. The SMILES string of the molecule is CCCCC/C=C\CC1OC1C/C=C\C/C=C\CCCC(=O)O[C@H](COC(=O)CCCCCCCCc1oc(CCCCC)c(C)c1C)COP(=O)([O-])OCC[N+](C)(C)C. The van der Waals surface area contributed by atoms with Crippen LogP contribution in [0.25, 0.3) is 0 Å². The maximum absolute atomic E-state index is 12.7. The van der Waals surface area contributed by atoms with E-state index in [-0.39, 0.29) is 26.1 Å². The minimum absolute atomic E-state index is 0.0526. The molecule has 1 aromatic rings. The van der Waals surface area contributed by atoms with Gasteiger partial charge in [-0.3, -0.25) is 14.2 Å². The third-order valence-corrected chi connectivity index (χ3v) is 11.7. The van der Waals surface area contributed by atoms with Gasteiger partial charge in [0.25, 0.3) is 7.82 Å². The maximum atomic E-state index is 12.7. The summed E-state index contributed by atoms with van der Waals surface area (Å²) in [7, 11) is 1.09. The number of quaternary nitrogens is 1. The zero-order valence-corrected chi connectivity index (χ0v) is 39.5. The Balaban J connectivity index is 1.67. The lowest BCUT2D eigenvalue weighted by molar-refractivity contribution is -0.870. The van der Waals surface area contributed by atoms with Crippen molar-refractivity contribution in [1.29, 1.82) is 0 Å². The molecule has 11 nitrogen and oxygen atoms in total. The molecule has 0 spiro atoms. The summed E-state index contributed by atoms with van der Waals surface area (Å²) in [6, 6.07) is 0. The number of hydrogen-bond acceptors (Lipinski definition) is 10. The van der Waals surface area contributed by atoms with Crippen LogP contribution in [0.15, 0.2) is 40.9 Å². The molecule has 1 aromatic heterocycles. The number of aryl methyl sites for hydroxylation is 2. The Hall–Kier alpha value is -2.53. The fourth-order valence-corrected chi connectivity index (χ4v) is 7.42. The Kier molecular flexibility index (Phi) is 28.0. The number of carbonyl (C=O) groups is 2. The molecule has 12 heteroatoms. The summed E-state index contributed by atoms with van der Waals surface area (Å²) in [5.41, 5.74) is 2.60. The van der Waals surface area contributed by atoms with Crippen molar-refractivity contribution in [1.82, 2.24) is 0 Å². The van der Waals surface area contributed by atoms with E-state index in [4.69, 9.17) is 27.7 Å². The lowest BCUT2D eigenvalue weighted by Gasteiger charge is -2.28. The summed E-state index contributed by atoms with van der Waals surface area (Å²) in [6.07, 6.45) is 33.2. The minimum Gasteiger partial charge on any atom is -0.756 e. The van der Waals surface area contributed by atoms with Gasteiger partial charge in [0.15, 0.2) is 6.10 Å². The number of furan rings is 1. The molecule has 2 heterocycles. The van der Waals surface area contributed by atoms with Crippen LogP contribution in [0.4, 0.5) is 0 Å². The summed E-state index contributed by atoms with van der Waals surface area (Å²) < 4.78 is 45.9. The van der Waals surface area contributed by atoms with E-state index in [1.165, 1.54) is 49.7 Å². The van der Waals surface area contributed by atoms with E-state index in [2.05, 4.69) is 58.1 Å². The van der Waals surface area contributed by atoms with Crippen molar-refractivity contribution < 1.29 is 51.2 Å². The predicted molar refractivity (Wildman–Crippen MR) is 239 cm³/mol. The zero-order valence-electron chi connectivity index (χ0n) is 38.6. The number of ether oxygens (including phenoxy) is 3. The molecule has 1 fully saturated rings. The van der Waals surface area contributed by atoms with E-state index in [9.17, 15) is 19.0 Å². The topological polar surface area (TPSA) is 137 Å². The minimum atomic E-state index is -4.66. The van der Waals surface area contributed by atoms with Gasteiger partial charge in [-0.1, -0.05) is 102 Å². The van der Waals surface area contributed by atoms with Crippen molar-refractivity contribution in [2.75, 3.05) is 47.5 Å². The highest BCUT2D eigenvalue weighted by Crippen LogP contribution is 2.38. The molecule has 1 saturated heterocycles. The van der Waals surface area contributed by atoms with Crippen LogP contribution < -0.4 is 4.89 Å². The van der Waals surface area contributed by atoms with E-state index in [1.54, 1.807) is 0 Å². The smallest absolute Gasteiger partial charge is 0.306 e. The predicted octanol–water partition coefficient (Wildman–Crippen LogP) is 10.9. The summed E-state index contributed by atoms with van der Waals surface area (Å²) in [6.45, 7) is 8.36. The highest BCUT2D eigenvalue weighted by Gasteiger charge is 2.36. The number of allylic oxidation sites excluding steroid dienone is 4. The second kappa shape index (κ2) is 31.3. The van der Waals surface area contributed by atoms with Gasteiger partial charge in [0, 0.05) is 25.7 Å². The van der Waals surface area contributed by atoms with Crippen LogP contribution in [0.5, 0.6) is 0 Å². The van der Waals surface area contributed by atoms with Crippen LogP contribution in [-0.2, 0) is 50.3 Å². The van der Waals surface area contributed by atoms with Crippen molar-refractivity contribution in [3.05, 3.63) is 59.1 Å². The first-order valence-corrected chi connectivity index (χ1v) is 24.6. The molecule has 4 atom stereocenters. The number of phosphoric acid groups is 1. The second-order valence-electron chi connectivity index (χ2n) is 17.4. The summed E-state index contributed by atoms with van der Waals surface area (Å²) in [4.78, 5) is 37.7. The zero-order chi connectivity index (χ0) is 44.1. The standard InChI is InChI=1S/C48H82NO10P/c1-8-10-12-13-19-26-32-45-46(59-45)33-27-21-15-14-16-23-29-35-48(51)57-42(39-56-60(52,53)55-37-36-49(5,6)7)38-54-47(50)34-28-22-18-17-20-25-31-44-41(4)40(3)43(58-44)30-24-11-9-2/h14,16,19,21,26-27,42,45-46H,8-13,15,17-18,20,22-25,28-39H2,1-7H3/b16-14-,26-19-,27-21-/t42-,45?,46?/m1/s1. The molecule has 0 bridgehead atoms. The Labute approximate surface area is 363 Å². The van der Waals surface area contributed by atoms with Crippen molar-refractivity contribution >= 4 is 19.8 Å². The first-order chi connectivity index (χ1) is 28.7. The summed E-state index contributed by atoms with van der Waals surface area (Å²) in [5.74, 6) is 1.33. The first-order valence-electron chi connectivity index (χ1n) is 23.2. The summed E-state index contributed by atoms with van der Waals surface area (Å²) >= 11 is 0. The Bertz CT molecular complexity index is 1460. The first kappa shape index (κ1) is 53.6. The van der Waals surface area contributed by atoms with Gasteiger partial charge < -0.3 is 37.1 Å². The van der Waals surface area contributed by atoms with Crippen molar-refractivity contribution in [3.63, 3.8) is 0 Å². The fourth-order valence-electron chi connectivity index (χ4n) is 6.69. The molecule has 1 aliphatic heterocycles. The molecular formula is C48H82NO10P. The average molecular weight is 864 g/mol. The molecule has 0 aliphatic carbocycles. The molecule has 1 aliphatic rings. The highest BCUT2D eigenvalue weighted by atomic mass is 31.2. The van der Waals surface area contributed by atoms with Gasteiger partial charge in [-0.05, 0) is 89.2 Å². The number of phosphoric ester groups is 1. The number of carbonyl (C=O) groups excluding carboxylic acids is 2. The van der Waals surface area contributed by atoms with Crippen LogP contribution in [0.1, 0.15) is 165 Å². The summed E-state index contributed by atoms with van der Waals surface area (Å²) in [5, 5.41) is 0. The second-order valence-corrected chi connectivity index (χ2v) is 18.8. The quantitative estimate of drug-likeness (QED) is 0.0159. The van der Waals surface area contributed by atoms with Crippen LogP contribution in [-0.4, -0.2) is 82.2 Å². The number of unbranched alkanes of at least 4 members (excludes halogenated alkanes) is 11. The molecule has 60 heavy (non-hydrogen) atoms. The molecular weight excluding hydrogens is 781 g/mol. The normalized spacial score (nSPS) is 17.2. The van der Waals surface area contributed by atoms with Gasteiger partial charge in [0.1, 0.15) is 31.3 Å². The maximum Gasteiger partial charge on any atom is 0.306 e. The lowest BCUT2D eigenvalue weighted by atomic mass is 10.0. The number of nitrogens with zero attached hydrogens (tertiary/aromatic N) is 1. The largest absolute Gasteiger partial charge is 0.756 e. The van der Waals surface area contributed by atoms with E-state index >= 15 is 0 Å². The average Bonchev–Trinajstić information content (AvgIpc) is 3.89. The molecule has 0 saturated carbocycles. The molecule has 0 radical (unpaired) electrons. The highest BCUT2D eigenvalue weighted by molar-refractivity contribution is 7.45. The lowest BCUT2D eigenvalue weighted by Crippen LogP contribution is -2.37. The van der Waals surface area contributed by atoms with Gasteiger partial charge >= 0.3 is 11.9 Å². The van der Waals surface area contributed by atoms with E-state index < -0.39 is 32.5 Å². The van der Waals surface area contributed by atoms with Crippen molar-refractivity contribution in [3.8, 4) is 0 Å². The van der Waals surface area contributed by atoms with Crippen LogP contribution in [0, 0.1) is 13.8 Å². The van der Waals surface area contributed by atoms with E-state index in [0.717, 1.165) is 82.1 Å². The Morgan fingerprint density at radius 2 is 1.25 bits per heavy atom. The van der Waals surface area contributed by atoms with Crippen molar-refractivity contribution in [2.45, 2.75) is 187 Å². The van der Waals surface area contributed by atoms with Gasteiger partial charge in [0.2, 0.25) is 0 Å². The monoisotopic (exact) mass is 864 g/mol. The third-order valence-electron chi connectivity index (χ3n) is 10.8.